The molecule has 0 radical (unpaired) electrons. The SMILES string of the molecule is CC(C)N(Cc1cccc(C(F)(F)F)c1)c1ccccc1/C=C/C(=O)NO. The molecule has 0 saturated carbocycles. The molecular weight excluding hydrogens is 357 g/mol. The number of alkyl halides is 3. The largest absolute Gasteiger partial charge is 0.416 e. The van der Waals surface area contributed by atoms with Gasteiger partial charge >= 0.3 is 6.18 Å². The van der Waals surface area contributed by atoms with E-state index < -0.39 is 17.6 Å². The fraction of sp³-hybridized carbons (Fsp3) is 0.250. The second-order valence-corrected chi connectivity index (χ2v) is 6.29. The van der Waals surface area contributed by atoms with E-state index in [9.17, 15) is 18.0 Å². The van der Waals surface area contributed by atoms with Crippen molar-refractivity contribution in [3.05, 3.63) is 71.3 Å². The number of carbonyl (C=O) groups excluding carboxylic acids is 1. The van der Waals surface area contributed by atoms with Crippen molar-refractivity contribution >= 4 is 17.7 Å². The van der Waals surface area contributed by atoms with Gasteiger partial charge in [-0.25, -0.2) is 5.48 Å². The first-order valence-electron chi connectivity index (χ1n) is 8.36. The molecule has 0 atom stereocenters. The van der Waals surface area contributed by atoms with Crippen LogP contribution in [0, 0.1) is 0 Å². The number of halogens is 3. The summed E-state index contributed by atoms with van der Waals surface area (Å²) in [5.41, 5.74) is 2.85. The van der Waals surface area contributed by atoms with Crippen molar-refractivity contribution in [3.63, 3.8) is 0 Å². The van der Waals surface area contributed by atoms with Gasteiger partial charge in [0.2, 0.25) is 0 Å². The molecule has 0 aliphatic rings. The minimum atomic E-state index is -4.39. The Morgan fingerprint density at radius 3 is 2.52 bits per heavy atom. The van der Waals surface area contributed by atoms with Crippen molar-refractivity contribution in [1.29, 1.82) is 0 Å². The summed E-state index contributed by atoms with van der Waals surface area (Å²) in [5, 5.41) is 8.61. The molecule has 2 rings (SSSR count). The van der Waals surface area contributed by atoms with Crippen molar-refractivity contribution < 1.29 is 23.2 Å². The van der Waals surface area contributed by atoms with Gasteiger partial charge < -0.3 is 4.90 Å². The summed E-state index contributed by atoms with van der Waals surface area (Å²) in [4.78, 5) is 13.2. The van der Waals surface area contributed by atoms with Gasteiger partial charge in [-0.05, 0) is 49.2 Å². The van der Waals surface area contributed by atoms with Gasteiger partial charge in [0.15, 0.2) is 0 Å². The zero-order valence-electron chi connectivity index (χ0n) is 15.0. The van der Waals surface area contributed by atoms with Crippen LogP contribution in [0.4, 0.5) is 18.9 Å². The van der Waals surface area contributed by atoms with Crippen LogP contribution < -0.4 is 10.4 Å². The Morgan fingerprint density at radius 2 is 1.89 bits per heavy atom. The van der Waals surface area contributed by atoms with Crippen LogP contribution in [-0.2, 0) is 17.5 Å². The van der Waals surface area contributed by atoms with E-state index in [1.807, 2.05) is 30.9 Å². The van der Waals surface area contributed by atoms with E-state index in [-0.39, 0.29) is 12.6 Å². The summed E-state index contributed by atoms with van der Waals surface area (Å²) in [6, 6.07) is 12.5. The number of carbonyl (C=O) groups is 1. The predicted molar refractivity (Wildman–Crippen MR) is 98.2 cm³/mol. The van der Waals surface area contributed by atoms with Gasteiger partial charge in [0.1, 0.15) is 0 Å². The van der Waals surface area contributed by atoms with Gasteiger partial charge in [0.05, 0.1) is 5.56 Å². The molecule has 0 heterocycles. The molecule has 0 bridgehead atoms. The van der Waals surface area contributed by atoms with Crippen molar-refractivity contribution in [3.8, 4) is 0 Å². The lowest BCUT2D eigenvalue weighted by molar-refractivity contribution is -0.137. The third kappa shape index (κ3) is 5.59. The van der Waals surface area contributed by atoms with Crippen LogP contribution in [0.2, 0.25) is 0 Å². The summed E-state index contributed by atoms with van der Waals surface area (Å²) in [5.74, 6) is -0.668. The molecule has 7 heteroatoms. The summed E-state index contributed by atoms with van der Waals surface area (Å²) in [6.07, 6.45) is -1.67. The van der Waals surface area contributed by atoms with Crippen LogP contribution in [0.3, 0.4) is 0 Å². The molecule has 0 spiro atoms. The van der Waals surface area contributed by atoms with E-state index in [1.54, 1.807) is 24.3 Å². The zero-order chi connectivity index (χ0) is 20.0. The Labute approximate surface area is 155 Å². The third-order valence-electron chi connectivity index (χ3n) is 4.00. The zero-order valence-corrected chi connectivity index (χ0v) is 15.0. The summed E-state index contributed by atoms with van der Waals surface area (Å²) < 4.78 is 38.9. The van der Waals surface area contributed by atoms with E-state index >= 15 is 0 Å². The van der Waals surface area contributed by atoms with Crippen molar-refractivity contribution in [1.82, 2.24) is 5.48 Å². The number of nitrogens with zero attached hydrogens (tertiary/aromatic N) is 1. The maximum Gasteiger partial charge on any atom is 0.416 e. The number of rotatable bonds is 6. The Kier molecular flexibility index (Phi) is 6.63. The molecule has 0 aromatic heterocycles. The Morgan fingerprint density at radius 1 is 1.19 bits per heavy atom. The van der Waals surface area contributed by atoms with E-state index in [4.69, 9.17) is 5.21 Å². The van der Waals surface area contributed by atoms with Gasteiger partial charge in [-0.15, -0.1) is 0 Å². The molecule has 0 unspecified atom stereocenters. The van der Waals surface area contributed by atoms with Crippen LogP contribution in [0.25, 0.3) is 6.08 Å². The van der Waals surface area contributed by atoms with E-state index in [2.05, 4.69) is 0 Å². The number of hydrogen-bond acceptors (Lipinski definition) is 3. The first kappa shape index (κ1) is 20.5. The monoisotopic (exact) mass is 378 g/mol. The molecule has 0 aliphatic heterocycles. The smallest absolute Gasteiger partial charge is 0.364 e. The lowest BCUT2D eigenvalue weighted by atomic mass is 10.1. The topological polar surface area (TPSA) is 52.6 Å². The summed E-state index contributed by atoms with van der Waals surface area (Å²) >= 11 is 0. The minimum Gasteiger partial charge on any atom is -0.364 e. The van der Waals surface area contributed by atoms with Crippen LogP contribution in [-0.4, -0.2) is 17.2 Å². The van der Waals surface area contributed by atoms with Crippen LogP contribution in [0.1, 0.15) is 30.5 Å². The maximum absolute atomic E-state index is 13.0. The maximum atomic E-state index is 13.0. The predicted octanol–water partition coefficient (Wildman–Crippen LogP) is 4.64. The van der Waals surface area contributed by atoms with Gasteiger partial charge in [-0.2, -0.15) is 13.2 Å². The van der Waals surface area contributed by atoms with Crippen LogP contribution in [0.5, 0.6) is 0 Å². The highest BCUT2D eigenvalue weighted by molar-refractivity contribution is 5.91. The standard InChI is InChI=1S/C20H21F3N2O2/c1-14(2)25(13-15-6-5-8-17(12-15)20(21,22)23)18-9-4-3-7-16(18)10-11-19(26)24-27/h3-12,14,27H,13H2,1-2H3,(H,24,26)/b11-10+. The fourth-order valence-corrected chi connectivity index (χ4v) is 2.68. The highest BCUT2D eigenvalue weighted by atomic mass is 19.4. The van der Waals surface area contributed by atoms with Crippen molar-refractivity contribution in [2.75, 3.05) is 4.90 Å². The second-order valence-electron chi connectivity index (χ2n) is 6.29. The third-order valence-corrected chi connectivity index (χ3v) is 4.00. The van der Waals surface area contributed by atoms with E-state index in [0.717, 1.165) is 17.8 Å². The molecule has 4 nitrogen and oxygen atoms in total. The molecule has 27 heavy (non-hydrogen) atoms. The number of nitrogens with one attached hydrogen (secondary N) is 1. The molecule has 2 aromatic rings. The normalized spacial score (nSPS) is 11.8. The number of hydrogen-bond donors (Lipinski definition) is 2. The van der Waals surface area contributed by atoms with E-state index in [0.29, 0.717) is 11.1 Å². The number of anilines is 1. The Balaban J connectivity index is 2.37. The number of para-hydroxylation sites is 1. The lowest BCUT2D eigenvalue weighted by Gasteiger charge is -2.31. The van der Waals surface area contributed by atoms with Crippen molar-refractivity contribution in [2.45, 2.75) is 32.6 Å². The lowest BCUT2D eigenvalue weighted by Crippen LogP contribution is -2.30. The molecule has 0 fully saturated rings. The van der Waals surface area contributed by atoms with Gasteiger partial charge in [-0.3, -0.25) is 10.0 Å². The molecule has 144 valence electrons. The fourth-order valence-electron chi connectivity index (χ4n) is 2.68. The number of benzene rings is 2. The quantitative estimate of drug-likeness (QED) is 0.437. The van der Waals surface area contributed by atoms with E-state index in [1.165, 1.54) is 17.6 Å². The first-order chi connectivity index (χ1) is 12.7. The second kappa shape index (κ2) is 8.73. The van der Waals surface area contributed by atoms with Crippen LogP contribution >= 0.6 is 0 Å². The summed E-state index contributed by atoms with van der Waals surface area (Å²) in [6.45, 7) is 4.15. The molecule has 1 amide bonds. The van der Waals surface area contributed by atoms with Crippen LogP contribution in [0.15, 0.2) is 54.6 Å². The average molecular weight is 378 g/mol. The molecule has 0 saturated heterocycles. The summed E-state index contributed by atoms with van der Waals surface area (Å²) in [7, 11) is 0. The van der Waals surface area contributed by atoms with Gasteiger partial charge in [0.25, 0.3) is 5.91 Å². The Hall–Kier alpha value is -2.80. The molecule has 2 aromatic carbocycles. The first-order valence-corrected chi connectivity index (χ1v) is 8.36. The number of hydroxylamine groups is 1. The average Bonchev–Trinajstić information content (AvgIpc) is 2.64. The molecule has 0 aliphatic carbocycles. The number of amides is 1. The van der Waals surface area contributed by atoms with Gasteiger partial charge in [0, 0.05) is 24.4 Å². The Bertz CT molecular complexity index is 817. The highest BCUT2D eigenvalue weighted by Gasteiger charge is 2.30. The molecule has 2 N–H and O–H groups in total. The highest BCUT2D eigenvalue weighted by Crippen LogP contribution is 2.31. The van der Waals surface area contributed by atoms with Gasteiger partial charge in [-0.1, -0.05) is 30.3 Å². The minimum absolute atomic E-state index is 0.000705. The molecular formula is C20H21F3N2O2. The van der Waals surface area contributed by atoms with Crippen molar-refractivity contribution in [2.24, 2.45) is 0 Å².